The molecule has 1 unspecified atom stereocenters. The molecule has 0 aliphatic carbocycles. The molecule has 0 aromatic rings. The van der Waals surface area contributed by atoms with Crippen molar-refractivity contribution in [2.75, 3.05) is 32.7 Å². The third-order valence-electron chi connectivity index (χ3n) is 3.34. The van der Waals surface area contributed by atoms with E-state index in [1.54, 1.807) is 0 Å². The van der Waals surface area contributed by atoms with E-state index in [0.717, 1.165) is 12.3 Å². The van der Waals surface area contributed by atoms with Crippen molar-refractivity contribution in [3.8, 4) is 0 Å². The smallest absolute Gasteiger partial charge is 0.00218 e. The summed E-state index contributed by atoms with van der Waals surface area (Å²) in [6, 6.07) is 0. The van der Waals surface area contributed by atoms with Crippen LogP contribution in [0.4, 0.5) is 0 Å². The predicted molar refractivity (Wildman–Crippen MR) is 71.8 cm³/mol. The van der Waals surface area contributed by atoms with E-state index in [1.165, 1.54) is 58.4 Å². The van der Waals surface area contributed by atoms with Crippen molar-refractivity contribution < 1.29 is 0 Å². The number of hydrogen-bond acceptors (Lipinski definition) is 2. The highest BCUT2D eigenvalue weighted by Crippen LogP contribution is 2.12. The predicted octanol–water partition coefficient (Wildman–Crippen LogP) is 2.66. The molecule has 0 amide bonds. The van der Waals surface area contributed by atoms with E-state index < -0.39 is 0 Å². The highest BCUT2D eigenvalue weighted by molar-refractivity contribution is 4.74. The molecule has 0 spiro atoms. The summed E-state index contributed by atoms with van der Waals surface area (Å²) in [5, 5.41) is 3.51. The van der Waals surface area contributed by atoms with Crippen molar-refractivity contribution in [1.82, 2.24) is 10.2 Å². The van der Waals surface area contributed by atoms with Crippen LogP contribution in [-0.4, -0.2) is 37.6 Å². The number of rotatable bonds is 8. The highest BCUT2D eigenvalue weighted by Gasteiger charge is 2.15. The fourth-order valence-electron chi connectivity index (χ4n) is 2.51. The van der Waals surface area contributed by atoms with E-state index in [0.29, 0.717) is 0 Å². The molecular weight excluding hydrogens is 196 g/mol. The average molecular weight is 224 g/mol. The molecule has 1 aliphatic rings. The summed E-state index contributed by atoms with van der Waals surface area (Å²) in [4.78, 5) is 2.64. The molecule has 1 rings (SSSR count). The van der Waals surface area contributed by atoms with Gasteiger partial charge in [0.05, 0.1) is 0 Å². The summed E-state index contributed by atoms with van der Waals surface area (Å²) in [6.45, 7) is 12.3. The molecule has 2 heteroatoms. The average Bonchev–Trinajstić information content (AvgIpc) is 2.31. The second kappa shape index (κ2) is 8.77. The minimum atomic E-state index is 0.879. The lowest BCUT2D eigenvalue weighted by Crippen LogP contribution is -2.39. The molecule has 0 aromatic carbocycles. The first-order valence-electron chi connectivity index (χ1n) is 6.90. The molecular formula is C14H28N2. The Morgan fingerprint density at radius 2 is 2.31 bits per heavy atom. The normalized spacial score (nSPS) is 21.2. The minimum absolute atomic E-state index is 0.879. The molecule has 16 heavy (non-hydrogen) atoms. The van der Waals surface area contributed by atoms with Gasteiger partial charge in [0.2, 0.25) is 0 Å². The third kappa shape index (κ3) is 5.66. The number of allylic oxidation sites excluding steroid dienone is 1. The third-order valence-corrected chi connectivity index (χ3v) is 3.34. The molecule has 2 nitrogen and oxygen atoms in total. The molecule has 94 valence electrons. The maximum Gasteiger partial charge on any atom is 0.00218 e. The second-order valence-corrected chi connectivity index (χ2v) is 4.94. The van der Waals surface area contributed by atoms with Crippen LogP contribution >= 0.6 is 0 Å². The number of nitrogens with zero attached hydrogens (tertiary/aromatic N) is 1. The molecule has 0 saturated carbocycles. The number of unbranched alkanes of at least 4 members (excludes halogenated alkanes) is 1. The molecule has 0 aromatic heterocycles. The van der Waals surface area contributed by atoms with Gasteiger partial charge in [-0.25, -0.2) is 0 Å². The van der Waals surface area contributed by atoms with Crippen LogP contribution in [0.15, 0.2) is 12.7 Å². The fraction of sp³-hybridized carbons (Fsp3) is 0.857. The van der Waals surface area contributed by atoms with E-state index in [9.17, 15) is 0 Å². The monoisotopic (exact) mass is 224 g/mol. The van der Waals surface area contributed by atoms with Gasteiger partial charge in [0, 0.05) is 6.54 Å². The Hall–Kier alpha value is -0.340. The van der Waals surface area contributed by atoms with E-state index in [2.05, 4.69) is 23.7 Å². The molecule has 1 N–H and O–H groups in total. The van der Waals surface area contributed by atoms with Crippen molar-refractivity contribution in [2.24, 2.45) is 5.92 Å². The maximum atomic E-state index is 3.79. The Balaban J connectivity index is 2.21. The lowest BCUT2D eigenvalue weighted by atomic mass is 9.99. The van der Waals surface area contributed by atoms with E-state index in [4.69, 9.17) is 0 Å². The van der Waals surface area contributed by atoms with Gasteiger partial charge in [-0.3, -0.25) is 0 Å². The van der Waals surface area contributed by atoms with E-state index >= 15 is 0 Å². The summed E-state index contributed by atoms with van der Waals surface area (Å²) in [6.07, 6.45) is 8.50. The second-order valence-electron chi connectivity index (χ2n) is 4.94. The minimum Gasteiger partial charge on any atom is -0.316 e. The zero-order valence-corrected chi connectivity index (χ0v) is 10.9. The summed E-state index contributed by atoms with van der Waals surface area (Å²) in [5.74, 6) is 0.879. The SMILES string of the molecule is C=CCCCN(CCC)CC1CCCNC1. The fourth-order valence-corrected chi connectivity index (χ4v) is 2.51. The molecule has 1 atom stereocenters. The van der Waals surface area contributed by atoms with E-state index in [-0.39, 0.29) is 0 Å². The van der Waals surface area contributed by atoms with Crippen LogP contribution in [0.2, 0.25) is 0 Å². The summed E-state index contributed by atoms with van der Waals surface area (Å²) in [7, 11) is 0. The molecule has 0 bridgehead atoms. The summed E-state index contributed by atoms with van der Waals surface area (Å²) in [5.41, 5.74) is 0. The van der Waals surface area contributed by atoms with Gasteiger partial charge >= 0.3 is 0 Å². The van der Waals surface area contributed by atoms with Crippen molar-refractivity contribution in [3.63, 3.8) is 0 Å². The Morgan fingerprint density at radius 1 is 1.44 bits per heavy atom. The van der Waals surface area contributed by atoms with Crippen molar-refractivity contribution in [3.05, 3.63) is 12.7 Å². The summed E-state index contributed by atoms with van der Waals surface area (Å²) < 4.78 is 0. The molecule has 1 fully saturated rings. The van der Waals surface area contributed by atoms with Gasteiger partial charge in [-0.05, 0) is 64.2 Å². The zero-order chi connectivity index (χ0) is 11.6. The van der Waals surface area contributed by atoms with Gasteiger partial charge in [0.15, 0.2) is 0 Å². The standard InChI is InChI=1S/C14H28N2/c1-3-5-6-11-16(10-4-2)13-14-8-7-9-15-12-14/h3,14-15H,1,4-13H2,2H3. The first-order chi connectivity index (χ1) is 7.86. The Bertz CT molecular complexity index is 174. The van der Waals surface area contributed by atoms with Crippen LogP contribution in [0.5, 0.6) is 0 Å². The Kier molecular flexibility index (Phi) is 7.52. The van der Waals surface area contributed by atoms with Crippen LogP contribution in [0, 0.1) is 5.92 Å². The zero-order valence-electron chi connectivity index (χ0n) is 10.9. The van der Waals surface area contributed by atoms with Crippen LogP contribution in [0.25, 0.3) is 0 Å². The largest absolute Gasteiger partial charge is 0.316 e. The lowest BCUT2D eigenvalue weighted by Gasteiger charge is -2.29. The highest BCUT2D eigenvalue weighted by atomic mass is 15.1. The molecule has 0 radical (unpaired) electrons. The molecule has 1 saturated heterocycles. The van der Waals surface area contributed by atoms with Gasteiger partial charge in [-0.2, -0.15) is 0 Å². The van der Waals surface area contributed by atoms with Crippen molar-refractivity contribution in [1.29, 1.82) is 0 Å². The molecule has 1 aliphatic heterocycles. The van der Waals surface area contributed by atoms with Gasteiger partial charge in [0.25, 0.3) is 0 Å². The summed E-state index contributed by atoms with van der Waals surface area (Å²) >= 11 is 0. The first kappa shape index (κ1) is 13.7. The van der Waals surface area contributed by atoms with Crippen LogP contribution in [0.3, 0.4) is 0 Å². The van der Waals surface area contributed by atoms with Crippen LogP contribution in [0.1, 0.15) is 39.0 Å². The number of piperidine rings is 1. The van der Waals surface area contributed by atoms with Gasteiger partial charge in [0.1, 0.15) is 0 Å². The van der Waals surface area contributed by atoms with Gasteiger partial charge < -0.3 is 10.2 Å². The van der Waals surface area contributed by atoms with Crippen molar-refractivity contribution >= 4 is 0 Å². The number of hydrogen-bond donors (Lipinski definition) is 1. The first-order valence-corrected chi connectivity index (χ1v) is 6.90. The van der Waals surface area contributed by atoms with Gasteiger partial charge in [-0.1, -0.05) is 13.0 Å². The van der Waals surface area contributed by atoms with Crippen LogP contribution in [-0.2, 0) is 0 Å². The van der Waals surface area contributed by atoms with Gasteiger partial charge in [-0.15, -0.1) is 6.58 Å². The molecule has 1 heterocycles. The lowest BCUT2D eigenvalue weighted by molar-refractivity contribution is 0.206. The van der Waals surface area contributed by atoms with Crippen LogP contribution < -0.4 is 5.32 Å². The topological polar surface area (TPSA) is 15.3 Å². The van der Waals surface area contributed by atoms with E-state index in [1.807, 2.05) is 6.08 Å². The number of nitrogens with one attached hydrogen (secondary N) is 1. The van der Waals surface area contributed by atoms with Crippen molar-refractivity contribution in [2.45, 2.75) is 39.0 Å². The Labute approximate surface area is 101 Å². The Morgan fingerprint density at radius 3 is 2.94 bits per heavy atom. The quantitative estimate of drug-likeness (QED) is 0.504. The maximum absolute atomic E-state index is 3.79.